The van der Waals surface area contributed by atoms with E-state index in [2.05, 4.69) is 10.3 Å². The lowest BCUT2D eigenvalue weighted by Crippen LogP contribution is -2.19. The molecular weight excluding hydrogens is 196 g/mol. The van der Waals surface area contributed by atoms with Gasteiger partial charge in [0.1, 0.15) is 0 Å². The summed E-state index contributed by atoms with van der Waals surface area (Å²) in [4.78, 5) is 4.01. The first-order valence-electron chi connectivity index (χ1n) is 4.83. The minimum atomic E-state index is -0.749. The zero-order valence-corrected chi connectivity index (χ0v) is 8.80. The Hall–Kier alpha value is -0.740. The summed E-state index contributed by atoms with van der Waals surface area (Å²) < 4.78 is 11.9. The van der Waals surface area contributed by atoms with Crippen LogP contribution in [-0.2, 0) is 16.6 Å². The molecule has 0 aromatic carbocycles. The second-order valence-corrected chi connectivity index (χ2v) is 5.22. The lowest BCUT2D eigenvalue weighted by molar-refractivity contribution is 0.672. The summed E-state index contributed by atoms with van der Waals surface area (Å²) in [5.74, 6) is 0.639. The van der Waals surface area contributed by atoms with E-state index in [1.807, 2.05) is 12.1 Å². The topological polar surface area (TPSA) is 42.0 Å². The van der Waals surface area contributed by atoms with Gasteiger partial charge in [0.15, 0.2) is 0 Å². The minimum absolute atomic E-state index is 0.329. The summed E-state index contributed by atoms with van der Waals surface area (Å²) in [6.07, 6.45) is 4.57. The van der Waals surface area contributed by atoms with E-state index >= 15 is 0 Å². The van der Waals surface area contributed by atoms with E-state index in [0.717, 1.165) is 25.1 Å². The van der Waals surface area contributed by atoms with Gasteiger partial charge in [-0.3, -0.25) is 9.19 Å². The van der Waals surface area contributed by atoms with Crippen molar-refractivity contribution in [2.45, 2.75) is 17.4 Å². The van der Waals surface area contributed by atoms with Crippen LogP contribution in [0, 0.1) is 0 Å². The molecule has 1 aromatic rings. The number of nitrogens with zero attached hydrogens (tertiary/aromatic N) is 1. The predicted molar refractivity (Wildman–Crippen MR) is 57.4 cm³/mol. The SMILES string of the molecule is O=S(Cc1cccnc1)C1CCNC1. The van der Waals surface area contributed by atoms with E-state index in [9.17, 15) is 4.21 Å². The van der Waals surface area contributed by atoms with Gasteiger partial charge in [0, 0.05) is 35.0 Å². The molecule has 2 heterocycles. The average Bonchev–Trinajstić information content (AvgIpc) is 2.72. The first kappa shape index (κ1) is 9.80. The summed E-state index contributed by atoms with van der Waals surface area (Å²) >= 11 is 0. The number of hydrogen-bond acceptors (Lipinski definition) is 3. The fourth-order valence-corrected chi connectivity index (χ4v) is 3.04. The van der Waals surface area contributed by atoms with Gasteiger partial charge in [-0.15, -0.1) is 0 Å². The van der Waals surface area contributed by atoms with Crippen LogP contribution in [0.5, 0.6) is 0 Å². The molecule has 0 amide bonds. The quantitative estimate of drug-likeness (QED) is 0.798. The van der Waals surface area contributed by atoms with Gasteiger partial charge < -0.3 is 5.32 Å². The molecule has 2 rings (SSSR count). The lowest BCUT2D eigenvalue weighted by Gasteiger charge is -2.07. The molecular formula is C10H14N2OS. The number of hydrogen-bond donors (Lipinski definition) is 1. The first-order valence-corrected chi connectivity index (χ1v) is 6.21. The van der Waals surface area contributed by atoms with Crippen molar-refractivity contribution < 1.29 is 4.21 Å². The van der Waals surface area contributed by atoms with Crippen LogP contribution in [0.4, 0.5) is 0 Å². The Balaban J connectivity index is 1.94. The van der Waals surface area contributed by atoms with Crippen molar-refractivity contribution >= 4 is 10.8 Å². The monoisotopic (exact) mass is 210 g/mol. The molecule has 0 spiro atoms. The van der Waals surface area contributed by atoms with E-state index in [-0.39, 0.29) is 0 Å². The Bertz CT molecular complexity index is 309. The third kappa shape index (κ3) is 2.39. The molecule has 1 aliphatic rings. The molecule has 2 unspecified atom stereocenters. The van der Waals surface area contributed by atoms with E-state index in [1.165, 1.54) is 0 Å². The molecule has 1 aromatic heterocycles. The van der Waals surface area contributed by atoms with Gasteiger partial charge in [-0.2, -0.15) is 0 Å². The smallest absolute Gasteiger partial charge is 0.0504 e. The van der Waals surface area contributed by atoms with Crippen LogP contribution in [-0.4, -0.2) is 27.5 Å². The molecule has 0 radical (unpaired) electrons. The highest BCUT2D eigenvalue weighted by atomic mass is 32.2. The van der Waals surface area contributed by atoms with Gasteiger partial charge in [-0.25, -0.2) is 0 Å². The van der Waals surface area contributed by atoms with Crippen molar-refractivity contribution in [2.75, 3.05) is 13.1 Å². The molecule has 1 aliphatic heterocycles. The van der Waals surface area contributed by atoms with Gasteiger partial charge >= 0.3 is 0 Å². The molecule has 14 heavy (non-hydrogen) atoms. The molecule has 3 nitrogen and oxygen atoms in total. The first-order chi connectivity index (χ1) is 6.86. The van der Waals surface area contributed by atoms with Crippen molar-refractivity contribution in [2.24, 2.45) is 0 Å². The van der Waals surface area contributed by atoms with Crippen LogP contribution >= 0.6 is 0 Å². The van der Waals surface area contributed by atoms with E-state index in [0.29, 0.717) is 11.0 Å². The number of nitrogens with one attached hydrogen (secondary N) is 1. The van der Waals surface area contributed by atoms with E-state index < -0.39 is 10.8 Å². The second kappa shape index (κ2) is 4.66. The fourth-order valence-electron chi connectivity index (χ4n) is 1.62. The highest BCUT2D eigenvalue weighted by molar-refractivity contribution is 7.84. The van der Waals surface area contributed by atoms with Gasteiger partial charge in [-0.05, 0) is 24.6 Å². The molecule has 1 saturated heterocycles. The summed E-state index contributed by atoms with van der Waals surface area (Å²) in [5, 5.41) is 3.56. The number of rotatable bonds is 3. The third-order valence-corrected chi connectivity index (χ3v) is 4.18. The standard InChI is InChI=1S/C10H14N2OS/c13-14(10-3-5-12-7-10)8-9-2-1-4-11-6-9/h1-2,4,6,10,12H,3,5,7-8H2. The second-order valence-electron chi connectivity index (χ2n) is 3.50. The molecule has 2 atom stereocenters. The van der Waals surface area contributed by atoms with Crippen LogP contribution in [0.25, 0.3) is 0 Å². The van der Waals surface area contributed by atoms with Crippen molar-refractivity contribution in [3.8, 4) is 0 Å². The minimum Gasteiger partial charge on any atom is -0.315 e. The highest BCUT2D eigenvalue weighted by Gasteiger charge is 2.20. The maximum Gasteiger partial charge on any atom is 0.0504 e. The molecule has 1 fully saturated rings. The Morgan fingerprint density at radius 3 is 3.21 bits per heavy atom. The molecule has 1 N–H and O–H groups in total. The van der Waals surface area contributed by atoms with E-state index in [4.69, 9.17) is 0 Å². The Morgan fingerprint density at radius 2 is 2.57 bits per heavy atom. The Labute approximate surface area is 86.4 Å². The predicted octanol–water partition coefficient (Wildman–Crippen LogP) is 0.692. The maximum absolute atomic E-state index is 11.9. The van der Waals surface area contributed by atoms with Crippen LogP contribution in [0.1, 0.15) is 12.0 Å². The number of pyridine rings is 1. The van der Waals surface area contributed by atoms with Crippen molar-refractivity contribution in [1.29, 1.82) is 0 Å². The molecule has 0 saturated carbocycles. The van der Waals surface area contributed by atoms with Gasteiger partial charge in [-0.1, -0.05) is 6.07 Å². The normalized spacial score (nSPS) is 23.6. The number of aromatic nitrogens is 1. The van der Waals surface area contributed by atoms with Gasteiger partial charge in [0.25, 0.3) is 0 Å². The summed E-state index contributed by atoms with van der Waals surface area (Å²) in [6.45, 7) is 1.90. The highest BCUT2D eigenvalue weighted by Crippen LogP contribution is 2.11. The Kier molecular flexibility index (Phi) is 3.26. The lowest BCUT2D eigenvalue weighted by atomic mass is 10.3. The van der Waals surface area contributed by atoms with Crippen LogP contribution < -0.4 is 5.32 Å². The fraction of sp³-hybridized carbons (Fsp3) is 0.500. The average molecular weight is 210 g/mol. The summed E-state index contributed by atoms with van der Waals surface area (Å²) in [5.41, 5.74) is 1.07. The molecule has 4 heteroatoms. The van der Waals surface area contributed by atoms with Crippen molar-refractivity contribution in [3.05, 3.63) is 30.1 Å². The zero-order chi connectivity index (χ0) is 9.80. The molecule has 76 valence electrons. The molecule has 0 bridgehead atoms. The van der Waals surface area contributed by atoms with Gasteiger partial charge in [0.05, 0.1) is 5.75 Å². The van der Waals surface area contributed by atoms with Crippen molar-refractivity contribution in [1.82, 2.24) is 10.3 Å². The Morgan fingerprint density at radius 1 is 1.64 bits per heavy atom. The van der Waals surface area contributed by atoms with E-state index in [1.54, 1.807) is 12.4 Å². The van der Waals surface area contributed by atoms with Crippen LogP contribution in [0.15, 0.2) is 24.5 Å². The van der Waals surface area contributed by atoms with Crippen LogP contribution in [0.2, 0.25) is 0 Å². The summed E-state index contributed by atoms with van der Waals surface area (Å²) in [6, 6.07) is 3.87. The molecule has 0 aliphatic carbocycles. The largest absolute Gasteiger partial charge is 0.315 e. The summed E-state index contributed by atoms with van der Waals surface area (Å²) in [7, 11) is -0.749. The van der Waals surface area contributed by atoms with Crippen LogP contribution in [0.3, 0.4) is 0 Å². The maximum atomic E-state index is 11.9. The van der Waals surface area contributed by atoms with Gasteiger partial charge in [0.2, 0.25) is 0 Å². The zero-order valence-electron chi connectivity index (χ0n) is 7.98. The van der Waals surface area contributed by atoms with Crippen molar-refractivity contribution in [3.63, 3.8) is 0 Å². The third-order valence-electron chi connectivity index (χ3n) is 2.42.